The lowest BCUT2D eigenvalue weighted by molar-refractivity contribution is 0.315. The number of rotatable bonds is 2. The Balaban J connectivity index is 2.62. The Morgan fingerprint density at radius 2 is 1.92 bits per heavy atom. The maximum atomic E-state index is 12.1. The van der Waals surface area contributed by atoms with Gasteiger partial charge < -0.3 is 4.90 Å². The molecule has 0 N–H and O–H groups in total. The molecule has 0 aromatic rings. The third kappa shape index (κ3) is 3.27. The first-order valence-corrected chi connectivity index (χ1v) is 6.85. The lowest BCUT2D eigenvalue weighted by Gasteiger charge is -2.27. The van der Waals surface area contributed by atoms with E-state index >= 15 is 0 Å². The number of hydrogen-bond donors (Lipinski definition) is 0. The Bertz CT molecular complexity index is 253. The van der Waals surface area contributed by atoms with E-state index in [4.69, 9.17) is 0 Å². The highest BCUT2D eigenvalue weighted by Gasteiger charge is 2.19. The molecule has 1 rings (SSSR count). The van der Waals surface area contributed by atoms with Gasteiger partial charge in [0.15, 0.2) is 0 Å². The second-order valence-electron chi connectivity index (χ2n) is 3.81. The summed E-state index contributed by atoms with van der Waals surface area (Å²) in [6.07, 6.45) is 0. The highest BCUT2D eigenvalue weighted by Crippen LogP contribution is 2.08. The fourth-order valence-electron chi connectivity index (χ4n) is 1.56. The van der Waals surface area contributed by atoms with Crippen LogP contribution in [0.2, 0.25) is 0 Å². The maximum absolute atomic E-state index is 12.1. The third-order valence-electron chi connectivity index (χ3n) is 2.30. The Hall–Kier alpha value is -0.0900. The van der Waals surface area contributed by atoms with Gasteiger partial charge in [0.1, 0.15) is 0 Å². The van der Waals surface area contributed by atoms with E-state index in [0.29, 0.717) is 0 Å². The molecule has 1 saturated heterocycles. The molecule has 1 heterocycles. The van der Waals surface area contributed by atoms with Gasteiger partial charge in [-0.25, -0.2) is 8.57 Å². The van der Waals surface area contributed by atoms with Gasteiger partial charge in [0.2, 0.25) is 0 Å². The fourth-order valence-corrected chi connectivity index (χ4v) is 3.83. The van der Waals surface area contributed by atoms with Crippen LogP contribution in [0.25, 0.3) is 0 Å². The fraction of sp³-hybridized carbons (Fsp3) is 1.00. The summed E-state index contributed by atoms with van der Waals surface area (Å²) in [5, 5.41) is 0. The predicted octanol–water partition coefficient (Wildman–Crippen LogP) is 1.20. The van der Waals surface area contributed by atoms with Crippen LogP contribution in [-0.2, 0) is 9.73 Å². The normalized spacial score (nSPS) is 23.4. The van der Waals surface area contributed by atoms with Gasteiger partial charge in [0.25, 0.3) is 0 Å². The minimum atomic E-state index is -1.85. The summed E-state index contributed by atoms with van der Waals surface area (Å²) < 4.78 is 16.4. The van der Waals surface area contributed by atoms with E-state index < -0.39 is 9.73 Å². The summed E-state index contributed by atoms with van der Waals surface area (Å²) in [5.74, 6) is 1.53. The zero-order valence-corrected chi connectivity index (χ0v) is 9.64. The molecule has 1 aliphatic heterocycles. The summed E-state index contributed by atoms with van der Waals surface area (Å²) >= 11 is 0. The summed E-state index contributed by atoms with van der Waals surface area (Å²) in [6.45, 7) is 9.11. The molecule has 78 valence electrons. The van der Waals surface area contributed by atoms with E-state index in [2.05, 4.69) is 16.2 Å². The molecule has 1 fully saturated rings. The van der Waals surface area contributed by atoms with E-state index in [1.54, 1.807) is 0 Å². The first-order chi connectivity index (χ1) is 6.06. The monoisotopic (exact) mass is 204 g/mol. The average Bonchev–Trinajstić information content (AvgIpc) is 2.04. The molecular weight excluding hydrogens is 184 g/mol. The first kappa shape index (κ1) is 11.0. The van der Waals surface area contributed by atoms with Crippen LogP contribution in [0.3, 0.4) is 0 Å². The van der Waals surface area contributed by atoms with Gasteiger partial charge in [0.05, 0.1) is 6.04 Å². The Morgan fingerprint density at radius 3 is 2.31 bits per heavy atom. The molecule has 4 heteroatoms. The molecular formula is C9H20N2OS. The number of nitrogens with zero attached hydrogens (tertiary/aromatic N) is 2. The Morgan fingerprint density at radius 1 is 1.38 bits per heavy atom. The van der Waals surface area contributed by atoms with Crippen LogP contribution in [0, 0.1) is 0 Å². The van der Waals surface area contributed by atoms with Gasteiger partial charge >= 0.3 is 0 Å². The van der Waals surface area contributed by atoms with Crippen molar-refractivity contribution in [1.82, 2.24) is 4.90 Å². The number of hydrogen-bond acceptors (Lipinski definition) is 3. The van der Waals surface area contributed by atoms with Crippen molar-refractivity contribution in [2.75, 3.05) is 31.1 Å². The van der Waals surface area contributed by atoms with Crippen LogP contribution >= 0.6 is 0 Å². The summed E-state index contributed by atoms with van der Waals surface area (Å²) in [5.41, 5.74) is 0. The lowest BCUT2D eigenvalue weighted by Crippen LogP contribution is -2.40. The SMILES string of the molecule is CCN1CCS(=O)(=NC(C)C)CC1. The molecule has 0 radical (unpaired) electrons. The first-order valence-electron chi connectivity index (χ1n) is 5.00. The van der Waals surface area contributed by atoms with Gasteiger partial charge in [-0.2, -0.15) is 0 Å². The quantitative estimate of drug-likeness (QED) is 0.677. The van der Waals surface area contributed by atoms with Crippen LogP contribution in [0.1, 0.15) is 20.8 Å². The van der Waals surface area contributed by atoms with E-state index in [9.17, 15) is 4.21 Å². The van der Waals surface area contributed by atoms with Crippen molar-refractivity contribution in [3.8, 4) is 0 Å². The van der Waals surface area contributed by atoms with Gasteiger partial charge in [-0.05, 0) is 20.4 Å². The third-order valence-corrected chi connectivity index (χ3v) is 4.75. The highest BCUT2D eigenvalue weighted by atomic mass is 32.2. The van der Waals surface area contributed by atoms with Crippen LogP contribution in [-0.4, -0.2) is 46.3 Å². The molecule has 0 aromatic carbocycles. The van der Waals surface area contributed by atoms with Crippen LogP contribution in [0.4, 0.5) is 0 Å². The van der Waals surface area contributed by atoms with Crippen molar-refractivity contribution in [3.63, 3.8) is 0 Å². The second kappa shape index (κ2) is 4.42. The lowest BCUT2D eigenvalue weighted by atomic mass is 10.4. The smallest absolute Gasteiger partial charge is 0.0537 e. The largest absolute Gasteiger partial charge is 0.302 e. The van der Waals surface area contributed by atoms with E-state index in [0.717, 1.165) is 31.1 Å². The van der Waals surface area contributed by atoms with Crippen molar-refractivity contribution >= 4 is 9.73 Å². The van der Waals surface area contributed by atoms with Crippen LogP contribution in [0.5, 0.6) is 0 Å². The molecule has 0 saturated carbocycles. The van der Waals surface area contributed by atoms with Gasteiger partial charge in [-0.3, -0.25) is 0 Å². The van der Waals surface area contributed by atoms with Gasteiger partial charge in [-0.1, -0.05) is 6.92 Å². The minimum Gasteiger partial charge on any atom is -0.302 e. The van der Waals surface area contributed by atoms with E-state index in [1.165, 1.54) is 0 Å². The van der Waals surface area contributed by atoms with Crippen molar-refractivity contribution in [3.05, 3.63) is 0 Å². The standard InChI is InChI=1S/C9H20N2OS/c1-4-11-5-7-13(12,8-6-11)10-9(2)3/h9H,4-8H2,1-3H3. The van der Waals surface area contributed by atoms with Crippen LogP contribution < -0.4 is 0 Å². The molecule has 0 aliphatic carbocycles. The predicted molar refractivity (Wildman–Crippen MR) is 57.6 cm³/mol. The zero-order valence-electron chi connectivity index (χ0n) is 8.82. The molecule has 0 unspecified atom stereocenters. The molecule has 13 heavy (non-hydrogen) atoms. The van der Waals surface area contributed by atoms with Crippen molar-refractivity contribution in [2.45, 2.75) is 26.8 Å². The molecule has 0 aromatic heterocycles. The Labute approximate surface area is 81.7 Å². The molecule has 0 bridgehead atoms. The molecule has 0 atom stereocenters. The zero-order chi connectivity index (χ0) is 9.90. The molecule has 3 nitrogen and oxygen atoms in total. The van der Waals surface area contributed by atoms with E-state index in [1.807, 2.05) is 13.8 Å². The minimum absolute atomic E-state index is 0.209. The van der Waals surface area contributed by atoms with E-state index in [-0.39, 0.29) is 6.04 Å². The summed E-state index contributed by atoms with van der Waals surface area (Å²) in [7, 11) is -1.85. The summed E-state index contributed by atoms with van der Waals surface area (Å²) in [6, 6.07) is 0.209. The summed E-state index contributed by atoms with van der Waals surface area (Å²) in [4.78, 5) is 2.33. The van der Waals surface area contributed by atoms with Crippen molar-refractivity contribution in [1.29, 1.82) is 0 Å². The topological polar surface area (TPSA) is 32.7 Å². The average molecular weight is 204 g/mol. The Kier molecular flexibility index (Phi) is 3.74. The second-order valence-corrected chi connectivity index (χ2v) is 6.39. The van der Waals surface area contributed by atoms with Crippen molar-refractivity contribution in [2.24, 2.45) is 4.36 Å². The molecule has 1 aliphatic rings. The maximum Gasteiger partial charge on any atom is 0.0537 e. The highest BCUT2D eigenvalue weighted by molar-refractivity contribution is 7.93. The van der Waals surface area contributed by atoms with Gasteiger partial charge in [-0.15, -0.1) is 0 Å². The van der Waals surface area contributed by atoms with Gasteiger partial charge in [0, 0.05) is 34.3 Å². The molecule has 0 amide bonds. The molecule has 0 spiro atoms. The van der Waals surface area contributed by atoms with Crippen molar-refractivity contribution < 1.29 is 4.21 Å². The van der Waals surface area contributed by atoms with Crippen LogP contribution in [0.15, 0.2) is 4.36 Å².